The van der Waals surface area contributed by atoms with E-state index in [0.717, 1.165) is 11.0 Å². The molecule has 0 spiro atoms. The molecule has 2 heterocycles. The Balaban J connectivity index is 1.69. The molecule has 0 bridgehead atoms. The van der Waals surface area contributed by atoms with E-state index in [0.29, 0.717) is 17.7 Å². The summed E-state index contributed by atoms with van der Waals surface area (Å²) in [5, 5.41) is 3.33. The van der Waals surface area contributed by atoms with E-state index in [-0.39, 0.29) is 6.04 Å². The van der Waals surface area contributed by atoms with Gasteiger partial charge in [0.2, 0.25) is 11.9 Å². The van der Waals surface area contributed by atoms with E-state index in [2.05, 4.69) is 39.3 Å². The molecule has 4 rings (SSSR count). The third kappa shape index (κ3) is 2.89. The molecule has 2 aromatic carbocycles. The van der Waals surface area contributed by atoms with Crippen molar-refractivity contribution in [3.8, 4) is 5.82 Å². The zero-order chi connectivity index (χ0) is 17.2. The third-order valence-corrected chi connectivity index (χ3v) is 4.10. The number of imidazole rings is 1. The Bertz CT molecular complexity index is 1010. The fraction of sp³-hybridized carbons (Fsp3) is 0.105. The molecular weight excluding hydrogens is 312 g/mol. The van der Waals surface area contributed by atoms with Crippen molar-refractivity contribution in [1.82, 2.24) is 19.5 Å². The first kappa shape index (κ1) is 15.1. The van der Waals surface area contributed by atoms with Crippen LogP contribution in [0.4, 0.5) is 11.9 Å². The molecule has 6 heteroatoms. The van der Waals surface area contributed by atoms with Crippen LogP contribution in [-0.2, 0) is 0 Å². The lowest BCUT2D eigenvalue weighted by Crippen LogP contribution is -2.11. The molecule has 2 aromatic heterocycles. The van der Waals surface area contributed by atoms with E-state index in [9.17, 15) is 0 Å². The first-order valence-corrected chi connectivity index (χ1v) is 8.10. The first-order chi connectivity index (χ1) is 12.2. The number of rotatable bonds is 4. The van der Waals surface area contributed by atoms with Crippen LogP contribution < -0.4 is 11.1 Å². The fourth-order valence-electron chi connectivity index (χ4n) is 2.85. The summed E-state index contributed by atoms with van der Waals surface area (Å²) in [5.41, 5.74) is 9.03. The summed E-state index contributed by atoms with van der Waals surface area (Å²) in [6.07, 6.45) is 1.72. The Morgan fingerprint density at radius 2 is 1.72 bits per heavy atom. The SMILES string of the molecule is C[C@H](Nc1nccc(-n2c(N)nc3ccccc32)n1)c1ccccc1. The Kier molecular flexibility index (Phi) is 3.78. The second kappa shape index (κ2) is 6.24. The van der Waals surface area contributed by atoms with E-state index < -0.39 is 0 Å². The third-order valence-electron chi connectivity index (χ3n) is 4.10. The summed E-state index contributed by atoms with van der Waals surface area (Å²) in [5.74, 6) is 1.64. The van der Waals surface area contributed by atoms with E-state index in [1.54, 1.807) is 6.20 Å². The number of benzene rings is 2. The highest BCUT2D eigenvalue weighted by molar-refractivity contribution is 5.80. The summed E-state index contributed by atoms with van der Waals surface area (Å²) in [6, 6.07) is 19.9. The number of para-hydroxylation sites is 2. The van der Waals surface area contributed by atoms with Gasteiger partial charge in [-0.3, -0.25) is 4.57 Å². The largest absolute Gasteiger partial charge is 0.369 e. The van der Waals surface area contributed by atoms with Crippen molar-refractivity contribution in [3.05, 3.63) is 72.4 Å². The maximum absolute atomic E-state index is 6.10. The minimum atomic E-state index is 0.0910. The highest BCUT2D eigenvalue weighted by atomic mass is 15.2. The number of nitrogens with zero attached hydrogens (tertiary/aromatic N) is 4. The molecule has 0 saturated carbocycles. The van der Waals surface area contributed by atoms with Gasteiger partial charge in [0.25, 0.3) is 0 Å². The van der Waals surface area contributed by atoms with E-state index in [4.69, 9.17) is 5.73 Å². The number of nitrogen functional groups attached to an aromatic ring is 1. The Hall–Kier alpha value is -3.41. The highest BCUT2D eigenvalue weighted by Crippen LogP contribution is 2.23. The predicted octanol–water partition coefficient (Wildman–Crippen LogP) is 3.57. The lowest BCUT2D eigenvalue weighted by molar-refractivity contribution is 0.855. The molecule has 0 radical (unpaired) electrons. The maximum atomic E-state index is 6.10. The van der Waals surface area contributed by atoms with E-state index in [1.165, 1.54) is 5.56 Å². The monoisotopic (exact) mass is 330 g/mol. The molecule has 25 heavy (non-hydrogen) atoms. The molecule has 0 aliphatic carbocycles. The van der Waals surface area contributed by atoms with Gasteiger partial charge in [0.1, 0.15) is 5.82 Å². The Morgan fingerprint density at radius 3 is 2.56 bits per heavy atom. The second-order valence-corrected chi connectivity index (χ2v) is 5.81. The molecule has 1 atom stereocenters. The number of hydrogen-bond donors (Lipinski definition) is 2. The number of aromatic nitrogens is 4. The van der Waals surface area contributed by atoms with Crippen LogP contribution in [0.5, 0.6) is 0 Å². The molecule has 0 fully saturated rings. The van der Waals surface area contributed by atoms with Crippen LogP contribution >= 0.6 is 0 Å². The topological polar surface area (TPSA) is 81.7 Å². The fourth-order valence-corrected chi connectivity index (χ4v) is 2.85. The average Bonchev–Trinajstić information content (AvgIpc) is 2.98. The van der Waals surface area contributed by atoms with Gasteiger partial charge in [0.05, 0.1) is 17.1 Å². The highest BCUT2D eigenvalue weighted by Gasteiger charge is 2.12. The maximum Gasteiger partial charge on any atom is 0.225 e. The van der Waals surface area contributed by atoms with Crippen LogP contribution in [-0.4, -0.2) is 19.5 Å². The van der Waals surface area contributed by atoms with Crippen molar-refractivity contribution < 1.29 is 0 Å². The molecule has 6 nitrogen and oxygen atoms in total. The number of hydrogen-bond acceptors (Lipinski definition) is 5. The van der Waals surface area contributed by atoms with Gasteiger partial charge in [0.15, 0.2) is 0 Å². The van der Waals surface area contributed by atoms with E-state index >= 15 is 0 Å². The lowest BCUT2D eigenvalue weighted by Gasteiger charge is -2.15. The number of fused-ring (bicyclic) bond motifs is 1. The van der Waals surface area contributed by atoms with Gasteiger partial charge in [-0.05, 0) is 24.6 Å². The van der Waals surface area contributed by atoms with Crippen molar-refractivity contribution in [2.45, 2.75) is 13.0 Å². The average molecular weight is 330 g/mol. The van der Waals surface area contributed by atoms with Crippen LogP contribution in [0.2, 0.25) is 0 Å². The van der Waals surface area contributed by atoms with Crippen LogP contribution in [0.25, 0.3) is 16.9 Å². The summed E-state index contributed by atoms with van der Waals surface area (Å²) >= 11 is 0. The minimum Gasteiger partial charge on any atom is -0.369 e. The Morgan fingerprint density at radius 1 is 0.960 bits per heavy atom. The van der Waals surface area contributed by atoms with Crippen LogP contribution in [0.15, 0.2) is 66.9 Å². The predicted molar refractivity (Wildman–Crippen MR) is 99.6 cm³/mol. The normalized spacial score (nSPS) is 12.2. The van der Waals surface area contributed by atoms with Gasteiger partial charge in [-0.2, -0.15) is 4.98 Å². The molecule has 0 aliphatic rings. The van der Waals surface area contributed by atoms with Crippen molar-refractivity contribution in [3.63, 3.8) is 0 Å². The van der Waals surface area contributed by atoms with Crippen molar-refractivity contribution >= 4 is 22.9 Å². The number of anilines is 2. The number of nitrogens with one attached hydrogen (secondary N) is 1. The zero-order valence-electron chi connectivity index (χ0n) is 13.8. The smallest absolute Gasteiger partial charge is 0.225 e. The quantitative estimate of drug-likeness (QED) is 0.598. The first-order valence-electron chi connectivity index (χ1n) is 8.10. The number of nitrogens with two attached hydrogens (primary N) is 1. The summed E-state index contributed by atoms with van der Waals surface area (Å²) < 4.78 is 1.83. The molecule has 3 N–H and O–H groups in total. The van der Waals surface area contributed by atoms with Gasteiger partial charge >= 0.3 is 0 Å². The molecule has 124 valence electrons. The summed E-state index contributed by atoms with van der Waals surface area (Å²) in [4.78, 5) is 13.3. The van der Waals surface area contributed by atoms with Crippen molar-refractivity contribution in [2.75, 3.05) is 11.1 Å². The molecule has 0 unspecified atom stereocenters. The molecular formula is C19H18N6. The van der Waals surface area contributed by atoms with Crippen LogP contribution in [0.3, 0.4) is 0 Å². The van der Waals surface area contributed by atoms with Gasteiger partial charge in [-0.15, -0.1) is 0 Å². The van der Waals surface area contributed by atoms with Crippen molar-refractivity contribution in [1.29, 1.82) is 0 Å². The lowest BCUT2D eigenvalue weighted by atomic mass is 10.1. The molecule has 0 saturated heterocycles. The standard InChI is InChI=1S/C19H18N6/c1-13(14-7-3-2-4-8-14)22-19-21-12-11-17(24-19)25-16-10-6-5-9-15(16)23-18(25)20/h2-13H,1H3,(H2,20,23)(H,21,22,24)/t13-/m0/s1. The van der Waals surface area contributed by atoms with Crippen LogP contribution in [0, 0.1) is 0 Å². The molecule has 0 aliphatic heterocycles. The van der Waals surface area contributed by atoms with E-state index in [1.807, 2.05) is 53.1 Å². The zero-order valence-corrected chi connectivity index (χ0v) is 13.8. The van der Waals surface area contributed by atoms with Crippen LogP contribution in [0.1, 0.15) is 18.5 Å². The summed E-state index contributed by atoms with van der Waals surface area (Å²) in [6.45, 7) is 2.08. The van der Waals surface area contributed by atoms with Crippen molar-refractivity contribution in [2.24, 2.45) is 0 Å². The summed E-state index contributed by atoms with van der Waals surface area (Å²) in [7, 11) is 0. The van der Waals surface area contributed by atoms with Gasteiger partial charge in [0, 0.05) is 12.3 Å². The minimum absolute atomic E-state index is 0.0910. The van der Waals surface area contributed by atoms with Gasteiger partial charge in [-0.1, -0.05) is 42.5 Å². The second-order valence-electron chi connectivity index (χ2n) is 5.81. The molecule has 4 aromatic rings. The van der Waals surface area contributed by atoms with Gasteiger partial charge < -0.3 is 11.1 Å². The molecule has 0 amide bonds. The van der Waals surface area contributed by atoms with Gasteiger partial charge in [-0.25, -0.2) is 9.97 Å². The Labute approximate surface area is 145 Å².